The molecule has 1 amide bonds. The summed E-state index contributed by atoms with van der Waals surface area (Å²) in [6, 6.07) is 12.3. The molecule has 1 N–H and O–H groups in total. The molecule has 2 aromatic carbocycles. The maximum absolute atomic E-state index is 12.9. The van der Waals surface area contributed by atoms with Gasteiger partial charge in [0.25, 0.3) is 5.91 Å². The van der Waals surface area contributed by atoms with Gasteiger partial charge in [-0.15, -0.1) is 0 Å². The Labute approximate surface area is 204 Å². The monoisotopic (exact) mass is 521 g/mol. The summed E-state index contributed by atoms with van der Waals surface area (Å²) in [4.78, 5) is 13.1. The predicted octanol–water partition coefficient (Wildman–Crippen LogP) is 3.94. The molecule has 1 aromatic heterocycles. The van der Waals surface area contributed by atoms with Crippen LogP contribution in [0.1, 0.15) is 10.4 Å². The van der Waals surface area contributed by atoms with Crippen molar-refractivity contribution < 1.29 is 32.0 Å². The second-order valence-electron chi connectivity index (χ2n) is 8.29. The van der Waals surface area contributed by atoms with Crippen molar-refractivity contribution in [2.75, 3.05) is 45.2 Å². The molecule has 0 aliphatic carbocycles. The van der Waals surface area contributed by atoms with E-state index in [2.05, 4.69) is 10.4 Å². The number of hydrogen-bond donors (Lipinski definition) is 1. The maximum atomic E-state index is 12.9. The first-order valence-corrected chi connectivity index (χ1v) is 15.2. The van der Waals surface area contributed by atoms with Crippen LogP contribution in [0.5, 0.6) is 17.2 Å². The lowest BCUT2D eigenvalue weighted by Gasteiger charge is -2.12. The zero-order valence-electron chi connectivity index (χ0n) is 19.9. The molecule has 0 saturated carbocycles. The summed E-state index contributed by atoms with van der Waals surface area (Å²) >= 11 is 0. The van der Waals surface area contributed by atoms with Crippen molar-refractivity contribution in [3.8, 4) is 17.2 Å². The number of rotatable bonds is 11. The molecule has 0 atom stereocenters. The highest BCUT2D eigenvalue weighted by molar-refractivity contribution is 7.90. The number of carbonyl (C=O) groups is 1. The van der Waals surface area contributed by atoms with Crippen LogP contribution in [0.2, 0.25) is 0 Å². The van der Waals surface area contributed by atoms with Gasteiger partial charge in [-0.2, -0.15) is 5.10 Å². The van der Waals surface area contributed by atoms with E-state index < -0.39 is 22.9 Å². The Morgan fingerprint density at radius 2 is 1.71 bits per heavy atom. The van der Waals surface area contributed by atoms with Crippen LogP contribution in [-0.4, -0.2) is 64.0 Å². The molecule has 0 fully saturated rings. The molecule has 0 unspecified atom stereocenters. The summed E-state index contributed by atoms with van der Waals surface area (Å²) in [7, 11) is -4.11. The maximum Gasteiger partial charge on any atom is 0.257 e. The summed E-state index contributed by atoms with van der Waals surface area (Å²) in [6.45, 7) is 3.95. The van der Waals surface area contributed by atoms with Crippen molar-refractivity contribution >= 4 is 28.7 Å². The van der Waals surface area contributed by atoms with Crippen molar-refractivity contribution in [3.05, 3.63) is 60.3 Å². The SMILES string of the molecule is COCCOc1cc(Oc2ccc(S(C)(=O)=O)cc2)cc(C(=O)Nc2ccn(CP(C)(C)=O)n2)c1. The average molecular weight is 522 g/mol. The second kappa shape index (κ2) is 11.1. The normalized spacial score (nSPS) is 11.8. The fourth-order valence-electron chi connectivity index (χ4n) is 3.02. The number of anilines is 1. The minimum Gasteiger partial charge on any atom is -0.491 e. The van der Waals surface area contributed by atoms with Gasteiger partial charge in [0, 0.05) is 37.3 Å². The molecular weight excluding hydrogens is 493 g/mol. The molecule has 0 aliphatic rings. The van der Waals surface area contributed by atoms with Crippen molar-refractivity contribution in [2.24, 2.45) is 0 Å². The smallest absolute Gasteiger partial charge is 0.257 e. The third kappa shape index (κ3) is 8.24. The van der Waals surface area contributed by atoms with E-state index in [0.717, 1.165) is 6.26 Å². The number of ether oxygens (including phenoxy) is 3. The molecule has 0 radical (unpaired) electrons. The van der Waals surface area contributed by atoms with Gasteiger partial charge in [-0.25, -0.2) is 8.42 Å². The molecule has 10 nitrogen and oxygen atoms in total. The van der Waals surface area contributed by atoms with E-state index >= 15 is 0 Å². The Balaban J connectivity index is 1.82. The van der Waals surface area contributed by atoms with Gasteiger partial charge in [-0.05, 0) is 49.7 Å². The predicted molar refractivity (Wildman–Crippen MR) is 133 cm³/mol. The first-order valence-electron chi connectivity index (χ1n) is 10.6. The summed E-state index contributed by atoms with van der Waals surface area (Å²) in [5.74, 6) is 0.968. The van der Waals surface area contributed by atoms with Crippen molar-refractivity contribution in [1.29, 1.82) is 0 Å². The highest BCUT2D eigenvalue weighted by Crippen LogP contribution is 2.37. The number of benzene rings is 2. The Morgan fingerprint density at radius 1 is 1.03 bits per heavy atom. The molecule has 3 rings (SSSR count). The molecule has 0 bridgehead atoms. The van der Waals surface area contributed by atoms with Gasteiger partial charge >= 0.3 is 0 Å². The van der Waals surface area contributed by atoms with E-state index in [0.29, 0.717) is 29.7 Å². The molecule has 1 heterocycles. The van der Waals surface area contributed by atoms with E-state index in [1.807, 2.05) is 0 Å². The number of sulfone groups is 1. The Hall–Kier alpha value is -3.14. The lowest BCUT2D eigenvalue weighted by atomic mass is 10.2. The Morgan fingerprint density at radius 3 is 2.34 bits per heavy atom. The third-order valence-electron chi connectivity index (χ3n) is 4.55. The number of carbonyl (C=O) groups excluding carboxylic acids is 1. The first kappa shape index (κ1) is 26.5. The van der Waals surface area contributed by atoms with Crippen LogP contribution >= 0.6 is 7.14 Å². The summed E-state index contributed by atoms with van der Waals surface area (Å²) in [6.07, 6.45) is 3.04. The van der Waals surface area contributed by atoms with Gasteiger partial charge in [0.15, 0.2) is 15.7 Å². The van der Waals surface area contributed by atoms with Crippen molar-refractivity contribution in [1.82, 2.24) is 9.78 Å². The minimum absolute atomic E-state index is 0.170. The molecule has 188 valence electrons. The fraction of sp³-hybridized carbons (Fsp3) is 0.304. The van der Waals surface area contributed by atoms with Crippen LogP contribution < -0.4 is 14.8 Å². The third-order valence-corrected chi connectivity index (χ3v) is 6.65. The molecular formula is C23H28N3O7PS. The summed E-state index contributed by atoms with van der Waals surface area (Å²) in [5, 5.41) is 6.96. The molecule has 12 heteroatoms. The quantitative estimate of drug-likeness (QED) is 0.297. The molecule has 0 spiro atoms. The summed E-state index contributed by atoms with van der Waals surface area (Å²) in [5.41, 5.74) is 0.258. The van der Waals surface area contributed by atoms with Gasteiger partial charge < -0.3 is 24.1 Å². The fourth-order valence-corrected chi connectivity index (χ4v) is 4.51. The topological polar surface area (TPSA) is 126 Å². The zero-order chi connectivity index (χ0) is 25.6. The van der Waals surface area contributed by atoms with Crippen LogP contribution in [0.15, 0.2) is 59.6 Å². The highest BCUT2D eigenvalue weighted by atomic mass is 32.2. The highest BCUT2D eigenvalue weighted by Gasteiger charge is 2.15. The second-order valence-corrected chi connectivity index (χ2v) is 13.7. The number of methoxy groups -OCH3 is 1. The van der Waals surface area contributed by atoms with E-state index in [-0.39, 0.29) is 23.4 Å². The first-order chi connectivity index (χ1) is 16.4. The van der Waals surface area contributed by atoms with Crippen molar-refractivity contribution in [3.63, 3.8) is 0 Å². The van der Waals surface area contributed by atoms with E-state index in [1.54, 1.807) is 44.8 Å². The van der Waals surface area contributed by atoms with Crippen LogP contribution in [0, 0.1) is 0 Å². The number of hydrogen-bond acceptors (Lipinski definition) is 8. The van der Waals surface area contributed by atoms with E-state index in [4.69, 9.17) is 14.2 Å². The number of aromatic nitrogens is 2. The van der Waals surface area contributed by atoms with Gasteiger partial charge in [0.05, 0.1) is 17.8 Å². The lowest BCUT2D eigenvalue weighted by Crippen LogP contribution is -2.13. The van der Waals surface area contributed by atoms with Crippen LogP contribution in [0.25, 0.3) is 0 Å². The summed E-state index contributed by atoms with van der Waals surface area (Å²) < 4.78 is 53.4. The van der Waals surface area contributed by atoms with Crippen LogP contribution in [-0.2, 0) is 25.4 Å². The Bertz CT molecular complexity index is 1330. The van der Waals surface area contributed by atoms with E-state index in [9.17, 15) is 17.8 Å². The number of nitrogens with zero attached hydrogens (tertiary/aromatic N) is 2. The van der Waals surface area contributed by atoms with Crippen molar-refractivity contribution in [2.45, 2.75) is 11.2 Å². The number of nitrogens with one attached hydrogen (secondary N) is 1. The van der Waals surface area contributed by atoms with Gasteiger partial charge in [-0.1, -0.05) is 0 Å². The molecule has 35 heavy (non-hydrogen) atoms. The lowest BCUT2D eigenvalue weighted by molar-refractivity contribution is 0.102. The standard InChI is InChI=1S/C23H28N3O7PS/c1-31-11-12-32-19-13-17(23(27)24-22-9-10-26(25-22)16-34(2,3)28)14-20(15-19)33-18-5-7-21(8-6-18)35(4,29)30/h5-10,13-15H,11-12,16H2,1-4H3,(H,24,25,27). The van der Waals surface area contributed by atoms with Gasteiger partial charge in [0.2, 0.25) is 0 Å². The largest absolute Gasteiger partial charge is 0.491 e. The zero-order valence-corrected chi connectivity index (χ0v) is 21.6. The molecule has 0 saturated heterocycles. The molecule has 0 aliphatic heterocycles. The Kier molecular flexibility index (Phi) is 8.37. The average Bonchev–Trinajstić information content (AvgIpc) is 3.18. The van der Waals surface area contributed by atoms with Gasteiger partial charge in [0.1, 0.15) is 31.0 Å². The van der Waals surface area contributed by atoms with Gasteiger partial charge in [-0.3, -0.25) is 9.48 Å². The van der Waals surface area contributed by atoms with Crippen LogP contribution in [0.3, 0.4) is 0 Å². The molecule has 3 aromatic rings. The number of amides is 1. The van der Waals surface area contributed by atoms with Crippen LogP contribution in [0.4, 0.5) is 5.82 Å². The minimum atomic E-state index is -3.33. The van der Waals surface area contributed by atoms with E-state index in [1.165, 1.54) is 35.0 Å².